The highest BCUT2D eigenvalue weighted by molar-refractivity contribution is 6.11. The van der Waals surface area contributed by atoms with E-state index in [2.05, 4.69) is 105 Å². The second-order valence-corrected chi connectivity index (χ2v) is 9.94. The summed E-state index contributed by atoms with van der Waals surface area (Å²) in [5, 5.41) is 6.96. The van der Waals surface area contributed by atoms with Crippen molar-refractivity contribution in [3.05, 3.63) is 128 Å². The summed E-state index contributed by atoms with van der Waals surface area (Å²) in [7, 11) is 2.08. The molecule has 8 aromatic rings. The van der Waals surface area contributed by atoms with E-state index in [1.165, 1.54) is 5.39 Å². The second-order valence-electron chi connectivity index (χ2n) is 9.94. The SMILES string of the molecule is Cn1c(-c2cc3c(cc2-n2cccn2)c2ccccc2n3-c2cccc(-c3ccccn3)c2)nc2ccccc21. The van der Waals surface area contributed by atoms with E-state index in [0.29, 0.717) is 0 Å². The molecule has 6 nitrogen and oxygen atoms in total. The molecule has 4 aromatic heterocycles. The topological polar surface area (TPSA) is 53.5 Å². The molecule has 0 aliphatic carbocycles. The first-order chi connectivity index (χ1) is 19.8. The minimum absolute atomic E-state index is 0.896. The molecule has 4 heterocycles. The Morgan fingerprint density at radius 2 is 1.50 bits per heavy atom. The Bertz CT molecular complexity index is 2170. The van der Waals surface area contributed by atoms with Crippen molar-refractivity contribution in [1.29, 1.82) is 0 Å². The first-order valence-electron chi connectivity index (χ1n) is 13.3. The largest absolute Gasteiger partial charge is 0.327 e. The zero-order valence-electron chi connectivity index (χ0n) is 21.8. The van der Waals surface area contributed by atoms with Crippen LogP contribution in [0.4, 0.5) is 0 Å². The Labute approximate surface area is 230 Å². The Hall–Kier alpha value is -5.49. The van der Waals surface area contributed by atoms with Gasteiger partial charge in [-0.15, -0.1) is 0 Å². The van der Waals surface area contributed by atoms with Crippen LogP contribution in [0.25, 0.3) is 66.9 Å². The average Bonchev–Trinajstić information content (AvgIpc) is 3.74. The highest BCUT2D eigenvalue weighted by Gasteiger charge is 2.20. The average molecular weight is 517 g/mol. The van der Waals surface area contributed by atoms with Gasteiger partial charge >= 0.3 is 0 Å². The van der Waals surface area contributed by atoms with Crippen molar-refractivity contribution in [2.24, 2.45) is 7.05 Å². The molecule has 40 heavy (non-hydrogen) atoms. The van der Waals surface area contributed by atoms with Gasteiger partial charge in [-0.05, 0) is 60.7 Å². The molecule has 0 radical (unpaired) electrons. The summed E-state index contributed by atoms with van der Waals surface area (Å²) < 4.78 is 6.44. The van der Waals surface area contributed by atoms with Crippen LogP contribution in [0.3, 0.4) is 0 Å². The smallest absolute Gasteiger partial charge is 0.143 e. The molecule has 4 aromatic carbocycles. The number of hydrogen-bond donors (Lipinski definition) is 0. The number of pyridine rings is 1. The maximum Gasteiger partial charge on any atom is 0.143 e. The highest BCUT2D eigenvalue weighted by Crippen LogP contribution is 2.39. The Morgan fingerprint density at radius 1 is 0.650 bits per heavy atom. The van der Waals surface area contributed by atoms with E-state index in [-0.39, 0.29) is 0 Å². The minimum atomic E-state index is 0.896. The summed E-state index contributed by atoms with van der Waals surface area (Å²) in [5.41, 5.74) is 9.42. The van der Waals surface area contributed by atoms with Crippen molar-refractivity contribution in [3.63, 3.8) is 0 Å². The van der Waals surface area contributed by atoms with Crippen molar-refractivity contribution >= 4 is 32.8 Å². The van der Waals surface area contributed by atoms with Gasteiger partial charge < -0.3 is 9.13 Å². The minimum Gasteiger partial charge on any atom is -0.327 e. The number of aromatic nitrogens is 6. The molecule has 0 fully saturated rings. The fourth-order valence-corrected chi connectivity index (χ4v) is 5.79. The van der Waals surface area contributed by atoms with Crippen molar-refractivity contribution in [3.8, 4) is 34.0 Å². The number of hydrogen-bond acceptors (Lipinski definition) is 3. The summed E-state index contributed by atoms with van der Waals surface area (Å²) in [6.45, 7) is 0. The molecule has 0 bridgehead atoms. The summed E-state index contributed by atoms with van der Waals surface area (Å²) >= 11 is 0. The molecule has 0 saturated carbocycles. The molecule has 0 spiro atoms. The van der Waals surface area contributed by atoms with Crippen LogP contribution in [0.2, 0.25) is 0 Å². The normalized spacial score (nSPS) is 11.6. The number of benzene rings is 4. The molecule has 190 valence electrons. The van der Waals surface area contributed by atoms with Gasteiger partial charge in [-0.25, -0.2) is 9.67 Å². The third-order valence-corrected chi connectivity index (χ3v) is 7.63. The molecule has 0 amide bonds. The number of rotatable bonds is 4. The van der Waals surface area contributed by atoms with E-state index in [4.69, 9.17) is 4.98 Å². The molecular formula is C34H24N6. The zero-order chi connectivity index (χ0) is 26.6. The van der Waals surface area contributed by atoms with Gasteiger partial charge in [-0.2, -0.15) is 5.10 Å². The van der Waals surface area contributed by atoms with E-state index in [1.807, 2.05) is 53.6 Å². The predicted molar refractivity (Wildman–Crippen MR) is 161 cm³/mol. The second kappa shape index (κ2) is 8.78. The van der Waals surface area contributed by atoms with E-state index in [0.717, 1.165) is 61.5 Å². The monoisotopic (exact) mass is 516 g/mol. The van der Waals surface area contributed by atoms with Gasteiger partial charge in [-0.1, -0.05) is 48.5 Å². The van der Waals surface area contributed by atoms with Crippen molar-refractivity contribution in [1.82, 2.24) is 28.9 Å². The number of fused-ring (bicyclic) bond motifs is 4. The van der Waals surface area contributed by atoms with Crippen LogP contribution in [-0.2, 0) is 7.05 Å². The first-order valence-corrected chi connectivity index (χ1v) is 13.3. The van der Waals surface area contributed by atoms with E-state index in [9.17, 15) is 0 Å². The van der Waals surface area contributed by atoms with Gasteiger partial charge in [0.2, 0.25) is 0 Å². The summed E-state index contributed by atoms with van der Waals surface area (Å²) in [5.74, 6) is 0.896. The van der Waals surface area contributed by atoms with Crippen LogP contribution in [0.1, 0.15) is 0 Å². The maximum absolute atomic E-state index is 5.07. The number of nitrogens with zero attached hydrogens (tertiary/aromatic N) is 6. The number of para-hydroxylation sites is 3. The van der Waals surface area contributed by atoms with E-state index < -0.39 is 0 Å². The molecule has 8 rings (SSSR count). The summed E-state index contributed by atoms with van der Waals surface area (Å²) in [6.07, 6.45) is 5.64. The lowest BCUT2D eigenvalue weighted by atomic mass is 10.1. The quantitative estimate of drug-likeness (QED) is 0.242. The first kappa shape index (κ1) is 22.5. The van der Waals surface area contributed by atoms with Crippen LogP contribution in [0.5, 0.6) is 0 Å². The van der Waals surface area contributed by atoms with Crippen LogP contribution in [0.15, 0.2) is 128 Å². The third kappa shape index (κ3) is 3.39. The van der Waals surface area contributed by atoms with E-state index in [1.54, 1.807) is 0 Å². The molecule has 0 unspecified atom stereocenters. The van der Waals surface area contributed by atoms with Gasteiger partial charge in [-0.3, -0.25) is 4.98 Å². The number of aryl methyl sites for hydroxylation is 1. The fraction of sp³-hybridized carbons (Fsp3) is 0.0294. The lowest BCUT2D eigenvalue weighted by molar-refractivity contribution is 0.876. The lowest BCUT2D eigenvalue weighted by Crippen LogP contribution is -2.02. The van der Waals surface area contributed by atoms with Gasteiger partial charge in [0.25, 0.3) is 0 Å². The van der Waals surface area contributed by atoms with Crippen molar-refractivity contribution in [2.45, 2.75) is 0 Å². The summed E-state index contributed by atoms with van der Waals surface area (Å²) in [4.78, 5) is 9.66. The van der Waals surface area contributed by atoms with Crippen LogP contribution < -0.4 is 0 Å². The maximum atomic E-state index is 5.07. The Morgan fingerprint density at radius 3 is 2.33 bits per heavy atom. The predicted octanol–water partition coefficient (Wildman–Crippen LogP) is 7.59. The molecule has 0 aliphatic rings. The Balaban J connectivity index is 1.46. The van der Waals surface area contributed by atoms with Gasteiger partial charge in [0.1, 0.15) is 5.82 Å². The highest BCUT2D eigenvalue weighted by atomic mass is 15.3. The van der Waals surface area contributed by atoms with Crippen LogP contribution in [-0.4, -0.2) is 28.9 Å². The molecule has 6 heteroatoms. The molecule has 0 N–H and O–H groups in total. The third-order valence-electron chi connectivity index (χ3n) is 7.63. The molecular weight excluding hydrogens is 492 g/mol. The molecule has 0 aliphatic heterocycles. The van der Waals surface area contributed by atoms with Gasteiger partial charge in [0, 0.05) is 53.2 Å². The van der Waals surface area contributed by atoms with Gasteiger partial charge in [0.05, 0.1) is 33.4 Å². The Kier molecular flexibility index (Phi) is 4.94. The van der Waals surface area contributed by atoms with Crippen molar-refractivity contribution in [2.75, 3.05) is 0 Å². The summed E-state index contributed by atoms with van der Waals surface area (Å²) in [6, 6.07) is 37.9. The van der Waals surface area contributed by atoms with E-state index >= 15 is 0 Å². The zero-order valence-corrected chi connectivity index (χ0v) is 21.8. The fourth-order valence-electron chi connectivity index (χ4n) is 5.79. The van der Waals surface area contributed by atoms with Gasteiger partial charge in [0.15, 0.2) is 0 Å². The number of imidazole rings is 1. The molecule has 0 saturated heterocycles. The van der Waals surface area contributed by atoms with Crippen LogP contribution in [0, 0.1) is 0 Å². The standard InChI is InChI=1S/C34H24N6/c1-38-31-16-5-3-14-29(31)37-34(38)27-22-33-26(21-32(27)39-19-9-18-36-39)25-12-2-4-15-30(25)40(33)24-11-8-10-23(20-24)28-13-6-7-17-35-28/h2-22H,1H3. The van der Waals surface area contributed by atoms with Crippen LogP contribution >= 0.6 is 0 Å². The lowest BCUT2D eigenvalue weighted by Gasteiger charge is -2.13. The van der Waals surface area contributed by atoms with Crippen molar-refractivity contribution < 1.29 is 0 Å². The molecule has 0 atom stereocenters.